The summed E-state index contributed by atoms with van der Waals surface area (Å²) in [5, 5.41) is 3.10. The molecule has 0 fully saturated rings. The topological polar surface area (TPSA) is 38.1 Å². The molecule has 3 nitrogen and oxygen atoms in total. The molecule has 0 amide bonds. The van der Waals surface area contributed by atoms with Crippen LogP contribution in [0.25, 0.3) is 11.3 Å². The zero-order valence-corrected chi connectivity index (χ0v) is 10.3. The molecular formula is C12H12ClFN2O. The zero-order valence-electron chi connectivity index (χ0n) is 9.50. The van der Waals surface area contributed by atoms with Gasteiger partial charge in [0.15, 0.2) is 5.76 Å². The van der Waals surface area contributed by atoms with Gasteiger partial charge in [-0.1, -0.05) is 11.6 Å². The summed E-state index contributed by atoms with van der Waals surface area (Å²) in [4.78, 5) is 4.15. The van der Waals surface area contributed by atoms with Gasteiger partial charge in [0.2, 0.25) is 5.89 Å². The van der Waals surface area contributed by atoms with Crippen LogP contribution in [0.2, 0.25) is 5.02 Å². The molecule has 0 bridgehead atoms. The van der Waals surface area contributed by atoms with Crippen molar-refractivity contribution in [3.63, 3.8) is 0 Å². The van der Waals surface area contributed by atoms with E-state index in [-0.39, 0.29) is 11.1 Å². The highest BCUT2D eigenvalue weighted by Gasteiger charge is 2.12. The molecule has 1 atom stereocenters. The number of halogens is 2. The van der Waals surface area contributed by atoms with Crippen molar-refractivity contribution < 1.29 is 8.81 Å². The van der Waals surface area contributed by atoms with E-state index in [1.807, 2.05) is 14.0 Å². The first-order chi connectivity index (χ1) is 8.11. The van der Waals surface area contributed by atoms with Crippen molar-refractivity contribution in [3.8, 4) is 11.3 Å². The van der Waals surface area contributed by atoms with Crippen molar-refractivity contribution in [1.29, 1.82) is 0 Å². The van der Waals surface area contributed by atoms with Gasteiger partial charge in [0.1, 0.15) is 5.82 Å². The highest BCUT2D eigenvalue weighted by molar-refractivity contribution is 6.31. The summed E-state index contributed by atoms with van der Waals surface area (Å²) in [6.07, 6.45) is 1.60. The molecule has 0 spiro atoms. The smallest absolute Gasteiger partial charge is 0.211 e. The normalized spacial score (nSPS) is 12.7. The van der Waals surface area contributed by atoms with Crippen LogP contribution < -0.4 is 5.32 Å². The number of benzene rings is 1. The summed E-state index contributed by atoms with van der Waals surface area (Å²) in [5.41, 5.74) is 0.707. The Bertz CT molecular complexity index is 527. The van der Waals surface area contributed by atoms with Gasteiger partial charge in [-0.15, -0.1) is 0 Å². The maximum absolute atomic E-state index is 13.0. The average Bonchev–Trinajstić information content (AvgIpc) is 2.81. The Morgan fingerprint density at radius 3 is 2.88 bits per heavy atom. The quantitative estimate of drug-likeness (QED) is 0.912. The third kappa shape index (κ3) is 2.48. The average molecular weight is 255 g/mol. The number of nitrogens with zero attached hydrogens (tertiary/aromatic N) is 1. The molecule has 1 unspecified atom stereocenters. The van der Waals surface area contributed by atoms with Gasteiger partial charge < -0.3 is 9.73 Å². The molecule has 90 valence electrons. The van der Waals surface area contributed by atoms with Crippen LogP contribution in [-0.2, 0) is 0 Å². The molecule has 1 heterocycles. The lowest BCUT2D eigenvalue weighted by molar-refractivity contribution is 0.441. The predicted molar refractivity (Wildman–Crippen MR) is 64.4 cm³/mol. The third-order valence-electron chi connectivity index (χ3n) is 2.53. The van der Waals surface area contributed by atoms with Crippen LogP contribution in [0.3, 0.4) is 0 Å². The van der Waals surface area contributed by atoms with Crippen molar-refractivity contribution in [1.82, 2.24) is 10.3 Å². The van der Waals surface area contributed by atoms with Crippen LogP contribution in [0.15, 0.2) is 28.8 Å². The SMILES string of the molecule is CNC(C)c1ncc(-c2ccc(F)c(Cl)c2)o1. The van der Waals surface area contributed by atoms with Gasteiger partial charge in [-0.05, 0) is 32.2 Å². The molecule has 0 aliphatic rings. The predicted octanol–water partition coefficient (Wildman–Crippen LogP) is 3.41. The molecule has 0 aliphatic carbocycles. The lowest BCUT2D eigenvalue weighted by Crippen LogP contribution is -2.12. The van der Waals surface area contributed by atoms with Crippen molar-refractivity contribution in [2.24, 2.45) is 0 Å². The molecule has 0 saturated heterocycles. The minimum atomic E-state index is -0.446. The Morgan fingerprint density at radius 1 is 1.47 bits per heavy atom. The summed E-state index contributed by atoms with van der Waals surface area (Å²) in [7, 11) is 1.82. The van der Waals surface area contributed by atoms with Crippen LogP contribution in [0.5, 0.6) is 0 Å². The fourth-order valence-corrected chi connectivity index (χ4v) is 1.57. The highest BCUT2D eigenvalue weighted by Crippen LogP contribution is 2.26. The Morgan fingerprint density at radius 2 is 2.24 bits per heavy atom. The van der Waals surface area contributed by atoms with Crippen molar-refractivity contribution >= 4 is 11.6 Å². The molecule has 2 aromatic rings. The van der Waals surface area contributed by atoms with E-state index < -0.39 is 5.82 Å². The first-order valence-corrected chi connectivity index (χ1v) is 5.58. The van der Waals surface area contributed by atoms with Gasteiger partial charge in [0.05, 0.1) is 17.3 Å². The number of aromatic nitrogens is 1. The van der Waals surface area contributed by atoms with Gasteiger partial charge in [-0.3, -0.25) is 0 Å². The second-order valence-electron chi connectivity index (χ2n) is 3.70. The first kappa shape index (κ1) is 12.1. The summed E-state index contributed by atoms with van der Waals surface area (Å²) in [6, 6.07) is 4.46. The largest absolute Gasteiger partial charge is 0.439 e. The van der Waals surface area contributed by atoms with Crippen molar-refractivity contribution in [3.05, 3.63) is 41.1 Å². The Kier molecular flexibility index (Phi) is 3.45. The first-order valence-electron chi connectivity index (χ1n) is 5.20. The zero-order chi connectivity index (χ0) is 12.4. The minimum Gasteiger partial charge on any atom is -0.439 e. The highest BCUT2D eigenvalue weighted by atomic mass is 35.5. The Balaban J connectivity index is 2.33. The van der Waals surface area contributed by atoms with Gasteiger partial charge in [0, 0.05) is 5.56 Å². The standard InChI is InChI=1S/C12H12ClFN2O/c1-7(15-2)12-16-6-11(17-12)8-3-4-10(14)9(13)5-8/h3-7,15H,1-2H3. The van der Waals surface area contributed by atoms with E-state index in [1.165, 1.54) is 12.1 Å². The van der Waals surface area contributed by atoms with E-state index in [2.05, 4.69) is 10.3 Å². The van der Waals surface area contributed by atoms with Gasteiger partial charge in [-0.25, -0.2) is 9.37 Å². The van der Waals surface area contributed by atoms with E-state index in [0.29, 0.717) is 17.2 Å². The van der Waals surface area contributed by atoms with Crippen LogP contribution in [0, 0.1) is 5.82 Å². The molecule has 2 rings (SSSR count). The number of hydrogen-bond acceptors (Lipinski definition) is 3. The van der Waals surface area contributed by atoms with Crippen LogP contribution in [0.4, 0.5) is 4.39 Å². The van der Waals surface area contributed by atoms with Crippen LogP contribution >= 0.6 is 11.6 Å². The molecular weight excluding hydrogens is 243 g/mol. The van der Waals surface area contributed by atoms with E-state index in [1.54, 1.807) is 12.3 Å². The lowest BCUT2D eigenvalue weighted by atomic mass is 10.2. The number of oxazole rings is 1. The second-order valence-corrected chi connectivity index (χ2v) is 4.11. The minimum absolute atomic E-state index is 0.0275. The molecule has 1 aromatic carbocycles. The third-order valence-corrected chi connectivity index (χ3v) is 2.82. The summed E-state index contributed by atoms with van der Waals surface area (Å²) in [5.74, 6) is 0.714. The lowest BCUT2D eigenvalue weighted by Gasteiger charge is -2.03. The summed E-state index contributed by atoms with van der Waals surface area (Å²) in [6.45, 7) is 1.94. The maximum atomic E-state index is 13.0. The van der Waals surface area contributed by atoms with Gasteiger partial charge in [0.25, 0.3) is 0 Å². The molecule has 0 saturated carbocycles. The molecule has 0 aliphatic heterocycles. The van der Waals surface area contributed by atoms with Crippen LogP contribution in [0.1, 0.15) is 18.9 Å². The van der Waals surface area contributed by atoms with Crippen molar-refractivity contribution in [2.75, 3.05) is 7.05 Å². The van der Waals surface area contributed by atoms with Crippen LogP contribution in [-0.4, -0.2) is 12.0 Å². The molecule has 5 heteroatoms. The molecule has 17 heavy (non-hydrogen) atoms. The van der Waals surface area contributed by atoms with E-state index in [0.717, 1.165) is 0 Å². The van der Waals surface area contributed by atoms with E-state index in [4.69, 9.17) is 16.0 Å². The second kappa shape index (κ2) is 4.85. The van der Waals surface area contributed by atoms with E-state index >= 15 is 0 Å². The summed E-state index contributed by atoms with van der Waals surface area (Å²) < 4.78 is 18.6. The number of rotatable bonds is 3. The fourth-order valence-electron chi connectivity index (χ4n) is 1.39. The number of nitrogens with one attached hydrogen (secondary N) is 1. The van der Waals surface area contributed by atoms with Gasteiger partial charge >= 0.3 is 0 Å². The van der Waals surface area contributed by atoms with E-state index in [9.17, 15) is 4.39 Å². The molecule has 1 N–H and O–H groups in total. The Hall–Kier alpha value is -1.39. The number of hydrogen-bond donors (Lipinski definition) is 1. The molecule has 0 radical (unpaired) electrons. The van der Waals surface area contributed by atoms with Gasteiger partial charge in [-0.2, -0.15) is 0 Å². The Labute approximate surface area is 104 Å². The fraction of sp³-hybridized carbons (Fsp3) is 0.250. The van der Waals surface area contributed by atoms with Crippen molar-refractivity contribution in [2.45, 2.75) is 13.0 Å². The maximum Gasteiger partial charge on any atom is 0.211 e. The monoisotopic (exact) mass is 254 g/mol. The summed E-state index contributed by atoms with van der Waals surface area (Å²) >= 11 is 5.71. The molecule has 1 aromatic heterocycles.